The van der Waals surface area contributed by atoms with E-state index < -0.39 is 11.9 Å². The maximum atomic E-state index is 11.2. The summed E-state index contributed by atoms with van der Waals surface area (Å²) in [5.41, 5.74) is 0. The maximum absolute atomic E-state index is 11.2. The molecule has 0 spiro atoms. The van der Waals surface area contributed by atoms with Gasteiger partial charge in [0.2, 0.25) is 5.89 Å². The Hall–Kier alpha value is -1.43. The topological polar surface area (TPSA) is 85.5 Å². The van der Waals surface area contributed by atoms with Gasteiger partial charge in [-0.2, -0.15) is 4.98 Å². The molecule has 106 valence electrons. The van der Waals surface area contributed by atoms with Gasteiger partial charge in [-0.3, -0.25) is 4.79 Å². The molecule has 0 bridgehead atoms. The zero-order valence-electron chi connectivity index (χ0n) is 11.2. The highest BCUT2D eigenvalue weighted by molar-refractivity contribution is 5.71. The van der Waals surface area contributed by atoms with Gasteiger partial charge in [-0.1, -0.05) is 18.0 Å². The highest BCUT2D eigenvalue weighted by Crippen LogP contribution is 2.37. The van der Waals surface area contributed by atoms with Crippen LogP contribution in [-0.4, -0.2) is 34.4 Å². The number of aromatic nitrogens is 2. The van der Waals surface area contributed by atoms with Gasteiger partial charge in [-0.15, -0.1) is 0 Å². The molecule has 6 nitrogen and oxygen atoms in total. The highest BCUT2D eigenvalue weighted by Gasteiger charge is 2.35. The molecule has 1 aliphatic carbocycles. The lowest BCUT2D eigenvalue weighted by Gasteiger charge is -2.25. The van der Waals surface area contributed by atoms with E-state index in [1.807, 2.05) is 6.92 Å². The molecule has 6 heteroatoms. The fourth-order valence-corrected chi connectivity index (χ4v) is 2.55. The van der Waals surface area contributed by atoms with E-state index in [2.05, 4.69) is 10.1 Å². The van der Waals surface area contributed by atoms with E-state index in [4.69, 9.17) is 9.26 Å². The average molecular weight is 268 g/mol. The second-order valence-electron chi connectivity index (χ2n) is 4.83. The van der Waals surface area contributed by atoms with Crippen molar-refractivity contribution < 1.29 is 19.2 Å². The molecule has 1 aromatic rings. The second kappa shape index (κ2) is 6.65. The van der Waals surface area contributed by atoms with E-state index in [0.717, 1.165) is 19.3 Å². The molecule has 0 aliphatic heterocycles. The molecule has 0 amide bonds. The molecule has 2 unspecified atom stereocenters. The lowest BCUT2D eigenvalue weighted by atomic mass is 9.79. The van der Waals surface area contributed by atoms with Crippen LogP contribution in [0.15, 0.2) is 4.52 Å². The molecule has 19 heavy (non-hydrogen) atoms. The van der Waals surface area contributed by atoms with Crippen LogP contribution in [-0.2, 0) is 16.0 Å². The molecule has 2 rings (SSSR count). The monoisotopic (exact) mass is 268 g/mol. The molecule has 0 saturated heterocycles. The number of aliphatic carboxylic acids is 1. The predicted molar refractivity (Wildman–Crippen MR) is 66.8 cm³/mol. The molecule has 1 saturated carbocycles. The van der Waals surface area contributed by atoms with Crippen LogP contribution in [0.1, 0.15) is 50.2 Å². The van der Waals surface area contributed by atoms with Crippen molar-refractivity contribution in [3.05, 3.63) is 11.7 Å². The van der Waals surface area contributed by atoms with Gasteiger partial charge in [0, 0.05) is 13.0 Å². The SMILES string of the molecule is CCOCCc1noc(C2CCCCC2C(=O)O)n1. The van der Waals surface area contributed by atoms with Crippen molar-refractivity contribution in [3.8, 4) is 0 Å². The van der Waals surface area contributed by atoms with Crippen molar-refractivity contribution >= 4 is 5.97 Å². The Morgan fingerprint density at radius 3 is 3.00 bits per heavy atom. The maximum Gasteiger partial charge on any atom is 0.307 e. The lowest BCUT2D eigenvalue weighted by Crippen LogP contribution is -2.25. The average Bonchev–Trinajstić information content (AvgIpc) is 2.88. The van der Waals surface area contributed by atoms with Gasteiger partial charge >= 0.3 is 5.97 Å². The first kappa shape index (κ1) is 14.0. The molecule has 1 fully saturated rings. The third-order valence-electron chi connectivity index (χ3n) is 3.56. The molecule has 0 radical (unpaired) electrons. The Balaban J connectivity index is 2.01. The number of ether oxygens (including phenoxy) is 1. The number of rotatable bonds is 6. The number of carboxylic acid groups (broad SMARTS) is 1. The summed E-state index contributed by atoms with van der Waals surface area (Å²) in [6.45, 7) is 3.15. The van der Waals surface area contributed by atoms with Crippen LogP contribution in [0.5, 0.6) is 0 Å². The minimum atomic E-state index is -0.765. The fourth-order valence-electron chi connectivity index (χ4n) is 2.55. The van der Waals surface area contributed by atoms with E-state index >= 15 is 0 Å². The van der Waals surface area contributed by atoms with E-state index in [1.54, 1.807) is 0 Å². The first-order valence-corrected chi connectivity index (χ1v) is 6.85. The molecule has 1 N–H and O–H groups in total. The number of hydrogen-bond donors (Lipinski definition) is 1. The summed E-state index contributed by atoms with van der Waals surface area (Å²) >= 11 is 0. The molecule has 2 atom stereocenters. The fraction of sp³-hybridized carbons (Fsp3) is 0.769. The van der Waals surface area contributed by atoms with Gasteiger partial charge in [-0.25, -0.2) is 0 Å². The van der Waals surface area contributed by atoms with Gasteiger partial charge in [0.15, 0.2) is 5.82 Å². The Morgan fingerprint density at radius 1 is 1.47 bits per heavy atom. The molecule has 1 aliphatic rings. The zero-order chi connectivity index (χ0) is 13.7. The van der Waals surface area contributed by atoms with Crippen LogP contribution in [0.2, 0.25) is 0 Å². The summed E-state index contributed by atoms with van der Waals surface area (Å²) in [6, 6.07) is 0. The first-order chi connectivity index (χ1) is 9.22. The van der Waals surface area contributed by atoms with Crippen molar-refractivity contribution in [3.63, 3.8) is 0 Å². The van der Waals surface area contributed by atoms with Gasteiger partial charge < -0.3 is 14.4 Å². The van der Waals surface area contributed by atoms with Gasteiger partial charge in [-0.05, 0) is 19.8 Å². The van der Waals surface area contributed by atoms with Crippen molar-refractivity contribution in [1.29, 1.82) is 0 Å². The van der Waals surface area contributed by atoms with Crippen molar-refractivity contribution in [2.24, 2.45) is 5.92 Å². The largest absolute Gasteiger partial charge is 0.481 e. The first-order valence-electron chi connectivity index (χ1n) is 6.85. The van der Waals surface area contributed by atoms with Gasteiger partial charge in [0.05, 0.1) is 18.4 Å². The standard InChI is InChI=1S/C13H20N2O4/c1-2-18-8-7-11-14-12(19-15-11)9-5-3-4-6-10(9)13(16)17/h9-10H,2-8H2,1H3,(H,16,17). The minimum absolute atomic E-state index is 0.139. The van der Waals surface area contributed by atoms with Gasteiger partial charge in [0.1, 0.15) is 0 Å². The quantitative estimate of drug-likeness (QED) is 0.794. The minimum Gasteiger partial charge on any atom is -0.481 e. The molecular weight excluding hydrogens is 248 g/mol. The van der Waals surface area contributed by atoms with Crippen LogP contribution >= 0.6 is 0 Å². The Morgan fingerprint density at radius 2 is 2.26 bits per heavy atom. The Bertz CT molecular complexity index is 419. The summed E-state index contributed by atoms with van der Waals surface area (Å²) in [6.07, 6.45) is 4.08. The molecular formula is C13H20N2O4. The van der Waals surface area contributed by atoms with Crippen molar-refractivity contribution in [2.75, 3.05) is 13.2 Å². The van der Waals surface area contributed by atoms with Crippen LogP contribution in [0.25, 0.3) is 0 Å². The second-order valence-corrected chi connectivity index (χ2v) is 4.83. The highest BCUT2D eigenvalue weighted by atomic mass is 16.5. The van der Waals surface area contributed by atoms with E-state index in [-0.39, 0.29) is 5.92 Å². The van der Waals surface area contributed by atoms with E-state index in [0.29, 0.717) is 37.8 Å². The zero-order valence-corrected chi connectivity index (χ0v) is 11.2. The summed E-state index contributed by atoms with van der Waals surface area (Å²) < 4.78 is 10.5. The number of carboxylic acids is 1. The van der Waals surface area contributed by atoms with Crippen LogP contribution < -0.4 is 0 Å². The summed E-state index contributed by atoms with van der Waals surface area (Å²) in [7, 11) is 0. The molecule has 1 aromatic heterocycles. The predicted octanol–water partition coefficient (Wildman–Crippen LogP) is 2.01. The number of hydrogen-bond acceptors (Lipinski definition) is 5. The van der Waals surface area contributed by atoms with Crippen LogP contribution in [0.3, 0.4) is 0 Å². The lowest BCUT2D eigenvalue weighted by molar-refractivity contribution is -0.143. The number of nitrogens with zero attached hydrogens (tertiary/aromatic N) is 2. The Kier molecular flexibility index (Phi) is 4.90. The van der Waals surface area contributed by atoms with Crippen LogP contribution in [0, 0.1) is 5.92 Å². The van der Waals surface area contributed by atoms with E-state index in [1.165, 1.54) is 0 Å². The van der Waals surface area contributed by atoms with Crippen molar-refractivity contribution in [2.45, 2.75) is 44.9 Å². The third kappa shape index (κ3) is 3.53. The normalized spacial score (nSPS) is 23.4. The van der Waals surface area contributed by atoms with Gasteiger partial charge in [0.25, 0.3) is 0 Å². The number of carbonyl (C=O) groups is 1. The molecule has 1 heterocycles. The third-order valence-corrected chi connectivity index (χ3v) is 3.56. The van der Waals surface area contributed by atoms with E-state index in [9.17, 15) is 9.90 Å². The van der Waals surface area contributed by atoms with Crippen molar-refractivity contribution in [1.82, 2.24) is 10.1 Å². The Labute approximate surface area is 112 Å². The molecule has 0 aromatic carbocycles. The summed E-state index contributed by atoms with van der Waals surface area (Å²) in [4.78, 5) is 15.6. The van der Waals surface area contributed by atoms with Crippen LogP contribution in [0.4, 0.5) is 0 Å². The summed E-state index contributed by atoms with van der Waals surface area (Å²) in [5.74, 6) is -0.232. The smallest absolute Gasteiger partial charge is 0.307 e. The summed E-state index contributed by atoms with van der Waals surface area (Å²) in [5, 5.41) is 13.1.